The van der Waals surface area contributed by atoms with Crippen molar-refractivity contribution in [1.82, 2.24) is 0 Å². The van der Waals surface area contributed by atoms with Crippen molar-refractivity contribution in [3.05, 3.63) is 42.2 Å². The number of aryl methyl sites for hydroxylation is 1. The lowest BCUT2D eigenvalue weighted by Gasteiger charge is -2.06. The molecular weight excluding hydrogens is 314 g/mol. The third kappa shape index (κ3) is 7.53. The monoisotopic (exact) mass is 336 g/mol. The fourth-order valence-electron chi connectivity index (χ4n) is 1.58. The molecule has 0 aliphatic heterocycles. The van der Waals surface area contributed by atoms with Crippen LogP contribution in [0.5, 0.6) is 0 Å². The van der Waals surface area contributed by atoms with Gasteiger partial charge in [-0.3, -0.25) is 9.59 Å². The van der Waals surface area contributed by atoms with Gasteiger partial charge in [0.1, 0.15) is 13.2 Å². The maximum atomic E-state index is 11.6. The standard InChI is InChI=1S/C17H22NO6/c1-4-18-9-7-14(8-10-18)11-22-15(19)5-6-16(20)23-12-24-17(21)13(2)3/h7-10H,2,4-6,11-12H2,1,3H3/q+1. The van der Waals surface area contributed by atoms with E-state index in [1.165, 1.54) is 6.92 Å². The molecule has 0 aliphatic rings. The highest BCUT2D eigenvalue weighted by molar-refractivity contribution is 5.87. The average Bonchev–Trinajstić information content (AvgIpc) is 2.58. The second-order valence-electron chi connectivity index (χ2n) is 5.04. The largest absolute Gasteiger partial charge is 0.461 e. The summed E-state index contributed by atoms with van der Waals surface area (Å²) in [5.74, 6) is -1.79. The van der Waals surface area contributed by atoms with E-state index >= 15 is 0 Å². The van der Waals surface area contributed by atoms with Crippen LogP contribution in [-0.4, -0.2) is 24.7 Å². The molecule has 1 aromatic rings. The van der Waals surface area contributed by atoms with Gasteiger partial charge in [-0.2, -0.15) is 0 Å². The highest BCUT2D eigenvalue weighted by atomic mass is 16.7. The summed E-state index contributed by atoms with van der Waals surface area (Å²) in [4.78, 5) is 34.0. The summed E-state index contributed by atoms with van der Waals surface area (Å²) in [5, 5.41) is 0. The summed E-state index contributed by atoms with van der Waals surface area (Å²) in [6.45, 7) is 7.41. The third-order valence-electron chi connectivity index (χ3n) is 3.02. The molecule has 130 valence electrons. The molecule has 0 saturated carbocycles. The smallest absolute Gasteiger partial charge is 0.335 e. The zero-order valence-electron chi connectivity index (χ0n) is 13.9. The Hall–Kier alpha value is -2.70. The summed E-state index contributed by atoms with van der Waals surface area (Å²) >= 11 is 0. The van der Waals surface area contributed by atoms with Gasteiger partial charge in [0, 0.05) is 23.3 Å². The highest BCUT2D eigenvalue weighted by Gasteiger charge is 2.11. The zero-order chi connectivity index (χ0) is 17.9. The minimum Gasteiger partial charge on any atom is -0.461 e. The van der Waals surface area contributed by atoms with Crippen molar-refractivity contribution >= 4 is 17.9 Å². The Morgan fingerprint density at radius 3 is 2.17 bits per heavy atom. The van der Waals surface area contributed by atoms with Gasteiger partial charge < -0.3 is 14.2 Å². The first kappa shape index (κ1) is 19.3. The lowest BCUT2D eigenvalue weighted by Crippen LogP contribution is -2.30. The number of hydrogen-bond acceptors (Lipinski definition) is 6. The number of carbonyl (C=O) groups is 3. The fourth-order valence-corrected chi connectivity index (χ4v) is 1.58. The van der Waals surface area contributed by atoms with Gasteiger partial charge in [-0.15, -0.1) is 0 Å². The molecule has 0 bridgehead atoms. The van der Waals surface area contributed by atoms with Crippen LogP contribution in [0.2, 0.25) is 0 Å². The average molecular weight is 336 g/mol. The molecule has 24 heavy (non-hydrogen) atoms. The van der Waals surface area contributed by atoms with E-state index in [1.807, 2.05) is 36.0 Å². The first-order valence-electron chi connectivity index (χ1n) is 7.54. The van der Waals surface area contributed by atoms with Crippen LogP contribution in [-0.2, 0) is 41.7 Å². The van der Waals surface area contributed by atoms with E-state index in [0.29, 0.717) is 0 Å². The predicted octanol–water partition coefficient (Wildman–Crippen LogP) is 1.44. The predicted molar refractivity (Wildman–Crippen MR) is 83.2 cm³/mol. The number of pyridine rings is 1. The molecule has 0 amide bonds. The first-order chi connectivity index (χ1) is 11.4. The highest BCUT2D eigenvalue weighted by Crippen LogP contribution is 2.02. The van der Waals surface area contributed by atoms with E-state index in [9.17, 15) is 14.4 Å². The molecule has 0 aliphatic carbocycles. The van der Waals surface area contributed by atoms with Crippen LogP contribution in [0.3, 0.4) is 0 Å². The van der Waals surface area contributed by atoms with E-state index < -0.39 is 24.7 Å². The molecule has 7 nitrogen and oxygen atoms in total. The minimum atomic E-state index is -0.648. The lowest BCUT2D eigenvalue weighted by atomic mass is 10.3. The second-order valence-corrected chi connectivity index (χ2v) is 5.04. The number of aromatic nitrogens is 1. The van der Waals surface area contributed by atoms with E-state index in [2.05, 4.69) is 16.1 Å². The van der Waals surface area contributed by atoms with E-state index in [-0.39, 0.29) is 25.0 Å². The van der Waals surface area contributed by atoms with Gasteiger partial charge in [0.15, 0.2) is 12.4 Å². The van der Waals surface area contributed by atoms with Crippen LogP contribution < -0.4 is 4.57 Å². The van der Waals surface area contributed by atoms with Crippen molar-refractivity contribution in [3.63, 3.8) is 0 Å². The van der Waals surface area contributed by atoms with Crippen LogP contribution in [0, 0.1) is 0 Å². The SMILES string of the molecule is C=C(C)C(=O)OCOC(=O)CCC(=O)OCc1cc[n+](CC)cc1. The molecule has 1 aromatic heterocycles. The number of nitrogens with zero attached hydrogens (tertiary/aromatic N) is 1. The Morgan fingerprint density at radius 2 is 1.62 bits per heavy atom. The molecule has 0 atom stereocenters. The molecule has 0 radical (unpaired) electrons. The Kier molecular flexibility index (Phi) is 8.18. The first-order valence-corrected chi connectivity index (χ1v) is 7.54. The van der Waals surface area contributed by atoms with Crippen molar-refractivity contribution in [1.29, 1.82) is 0 Å². The van der Waals surface area contributed by atoms with Crippen LogP contribution in [0.1, 0.15) is 32.3 Å². The number of carbonyl (C=O) groups excluding carboxylic acids is 3. The van der Waals surface area contributed by atoms with Gasteiger partial charge in [-0.05, 0) is 13.8 Å². The molecule has 0 unspecified atom stereocenters. The molecule has 7 heteroatoms. The molecule has 0 spiro atoms. The van der Waals surface area contributed by atoms with Gasteiger partial charge in [-0.25, -0.2) is 9.36 Å². The molecule has 1 rings (SSSR count). The molecule has 1 heterocycles. The Labute approximate surface area is 140 Å². The summed E-state index contributed by atoms with van der Waals surface area (Å²) in [5.41, 5.74) is 1.07. The summed E-state index contributed by atoms with van der Waals surface area (Å²) < 4.78 is 16.3. The Balaban J connectivity index is 2.19. The Morgan fingerprint density at radius 1 is 1.04 bits per heavy atom. The maximum absolute atomic E-state index is 11.6. The van der Waals surface area contributed by atoms with Crippen molar-refractivity contribution < 1.29 is 33.2 Å². The van der Waals surface area contributed by atoms with Gasteiger partial charge in [-0.1, -0.05) is 6.58 Å². The van der Waals surface area contributed by atoms with Gasteiger partial charge in [0.05, 0.1) is 12.8 Å². The normalized spacial score (nSPS) is 9.92. The van der Waals surface area contributed by atoms with Crippen molar-refractivity contribution in [2.24, 2.45) is 0 Å². The summed E-state index contributed by atoms with van der Waals surface area (Å²) in [6.07, 6.45) is 3.54. The minimum absolute atomic E-state index is 0.102. The van der Waals surface area contributed by atoms with Crippen molar-refractivity contribution in [2.45, 2.75) is 39.8 Å². The van der Waals surface area contributed by atoms with Gasteiger partial charge in [0.25, 0.3) is 0 Å². The topological polar surface area (TPSA) is 82.8 Å². The van der Waals surface area contributed by atoms with Crippen molar-refractivity contribution in [2.75, 3.05) is 6.79 Å². The molecule has 0 fully saturated rings. The maximum Gasteiger partial charge on any atom is 0.335 e. The van der Waals surface area contributed by atoms with Crippen LogP contribution in [0.25, 0.3) is 0 Å². The van der Waals surface area contributed by atoms with E-state index in [4.69, 9.17) is 4.74 Å². The molecule has 0 saturated heterocycles. The number of hydrogen-bond donors (Lipinski definition) is 0. The fraction of sp³-hybridized carbons (Fsp3) is 0.412. The number of rotatable bonds is 9. The number of ether oxygens (including phenoxy) is 3. The molecular formula is C17H22NO6+. The molecule has 0 N–H and O–H groups in total. The van der Waals surface area contributed by atoms with E-state index in [1.54, 1.807) is 0 Å². The quantitative estimate of drug-likeness (QED) is 0.294. The second kappa shape index (κ2) is 10.1. The zero-order valence-corrected chi connectivity index (χ0v) is 13.9. The van der Waals surface area contributed by atoms with Gasteiger partial charge in [0.2, 0.25) is 6.79 Å². The third-order valence-corrected chi connectivity index (χ3v) is 3.02. The van der Waals surface area contributed by atoms with Crippen LogP contribution in [0.15, 0.2) is 36.7 Å². The van der Waals surface area contributed by atoms with Crippen LogP contribution in [0.4, 0.5) is 0 Å². The van der Waals surface area contributed by atoms with Crippen molar-refractivity contribution in [3.8, 4) is 0 Å². The molecule has 0 aromatic carbocycles. The lowest BCUT2D eigenvalue weighted by molar-refractivity contribution is -0.693. The number of esters is 3. The van der Waals surface area contributed by atoms with Gasteiger partial charge >= 0.3 is 17.9 Å². The summed E-state index contributed by atoms with van der Waals surface area (Å²) in [6, 6.07) is 3.72. The van der Waals surface area contributed by atoms with Crippen LogP contribution >= 0.6 is 0 Å². The Bertz CT molecular complexity index is 594. The van der Waals surface area contributed by atoms with E-state index in [0.717, 1.165) is 12.1 Å². The summed E-state index contributed by atoms with van der Waals surface area (Å²) in [7, 11) is 0.